The van der Waals surface area contributed by atoms with Crippen LogP contribution in [-0.4, -0.2) is 0 Å². The summed E-state index contributed by atoms with van der Waals surface area (Å²) in [4.78, 5) is 0. The lowest BCUT2D eigenvalue weighted by atomic mass is 9.83. The van der Waals surface area contributed by atoms with Crippen LogP contribution in [0.2, 0.25) is 5.02 Å². The number of nitrogens with two attached hydrogens (primary N) is 1. The SMILES string of the molecule is CC(C)(C)C(N)c1cc(Cl)ccc1I. The van der Waals surface area contributed by atoms with E-state index in [1.807, 2.05) is 18.2 Å². The summed E-state index contributed by atoms with van der Waals surface area (Å²) in [5, 5.41) is 0.750. The largest absolute Gasteiger partial charge is 0.323 e. The van der Waals surface area contributed by atoms with Gasteiger partial charge in [-0.3, -0.25) is 0 Å². The molecular weight excluding hydrogens is 308 g/mol. The fraction of sp³-hybridized carbons (Fsp3) is 0.455. The van der Waals surface area contributed by atoms with Crippen LogP contribution in [0.1, 0.15) is 32.4 Å². The molecule has 0 heterocycles. The number of hydrogen-bond donors (Lipinski definition) is 1. The first-order valence-corrected chi connectivity index (χ1v) is 5.98. The molecule has 1 unspecified atom stereocenters. The van der Waals surface area contributed by atoms with Crippen molar-refractivity contribution in [2.45, 2.75) is 26.8 Å². The smallest absolute Gasteiger partial charge is 0.0410 e. The molecule has 0 spiro atoms. The average Bonchev–Trinajstić information content (AvgIpc) is 2.06. The highest BCUT2D eigenvalue weighted by molar-refractivity contribution is 14.1. The fourth-order valence-corrected chi connectivity index (χ4v) is 2.07. The fourth-order valence-electron chi connectivity index (χ4n) is 1.22. The van der Waals surface area contributed by atoms with Crippen LogP contribution in [0.15, 0.2) is 18.2 Å². The zero-order valence-electron chi connectivity index (χ0n) is 8.64. The van der Waals surface area contributed by atoms with E-state index in [-0.39, 0.29) is 11.5 Å². The van der Waals surface area contributed by atoms with Gasteiger partial charge in [0.15, 0.2) is 0 Å². The van der Waals surface area contributed by atoms with Gasteiger partial charge in [-0.15, -0.1) is 0 Å². The maximum Gasteiger partial charge on any atom is 0.0410 e. The second-order valence-electron chi connectivity index (χ2n) is 4.51. The van der Waals surface area contributed by atoms with Crippen molar-refractivity contribution >= 4 is 34.2 Å². The highest BCUT2D eigenvalue weighted by Gasteiger charge is 2.24. The predicted octanol–water partition coefficient (Wildman–Crippen LogP) is 3.99. The average molecular weight is 324 g/mol. The maximum atomic E-state index is 6.18. The van der Waals surface area contributed by atoms with E-state index >= 15 is 0 Å². The Labute approximate surface area is 104 Å². The molecule has 78 valence electrons. The molecule has 0 bridgehead atoms. The summed E-state index contributed by atoms with van der Waals surface area (Å²) in [6.07, 6.45) is 0. The van der Waals surface area contributed by atoms with Crippen LogP contribution in [0.25, 0.3) is 0 Å². The van der Waals surface area contributed by atoms with Crippen LogP contribution in [0.5, 0.6) is 0 Å². The van der Waals surface area contributed by atoms with Gasteiger partial charge >= 0.3 is 0 Å². The van der Waals surface area contributed by atoms with Gasteiger partial charge in [0.25, 0.3) is 0 Å². The van der Waals surface area contributed by atoms with Gasteiger partial charge in [-0.25, -0.2) is 0 Å². The number of halogens is 2. The summed E-state index contributed by atoms with van der Waals surface area (Å²) >= 11 is 8.25. The third-order valence-corrected chi connectivity index (χ3v) is 3.44. The topological polar surface area (TPSA) is 26.0 Å². The lowest BCUT2D eigenvalue weighted by Gasteiger charge is -2.28. The monoisotopic (exact) mass is 323 g/mol. The molecule has 0 saturated carbocycles. The summed E-state index contributed by atoms with van der Waals surface area (Å²) in [5.41, 5.74) is 7.37. The summed E-state index contributed by atoms with van der Waals surface area (Å²) in [7, 11) is 0. The summed E-state index contributed by atoms with van der Waals surface area (Å²) in [5.74, 6) is 0. The van der Waals surface area contributed by atoms with Gasteiger partial charge in [-0.1, -0.05) is 32.4 Å². The van der Waals surface area contributed by atoms with Gasteiger partial charge in [0.05, 0.1) is 0 Å². The Morgan fingerprint density at radius 3 is 2.43 bits per heavy atom. The van der Waals surface area contributed by atoms with E-state index in [1.165, 1.54) is 3.57 Å². The first-order chi connectivity index (χ1) is 6.32. The Bertz CT molecular complexity index is 331. The first-order valence-electron chi connectivity index (χ1n) is 4.53. The van der Waals surface area contributed by atoms with E-state index in [0.717, 1.165) is 10.6 Å². The van der Waals surface area contributed by atoms with Crippen LogP contribution in [0, 0.1) is 8.99 Å². The standard InChI is InChI=1S/C11H15ClIN/c1-11(2,3)10(14)8-6-7(12)4-5-9(8)13/h4-6,10H,14H2,1-3H3. The third-order valence-electron chi connectivity index (χ3n) is 2.23. The Hall–Kier alpha value is 0.200. The number of benzene rings is 1. The minimum absolute atomic E-state index is 0.0214. The van der Waals surface area contributed by atoms with Crippen LogP contribution in [0.3, 0.4) is 0 Å². The molecule has 0 aromatic heterocycles. The summed E-state index contributed by atoms with van der Waals surface area (Å²) < 4.78 is 1.18. The number of hydrogen-bond acceptors (Lipinski definition) is 1. The third kappa shape index (κ3) is 2.84. The molecule has 3 heteroatoms. The minimum atomic E-state index is 0.0214. The molecule has 0 aliphatic carbocycles. The quantitative estimate of drug-likeness (QED) is 0.777. The molecule has 0 saturated heterocycles. The van der Waals surface area contributed by atoms with E-state index < -0.39 is 0 Å². The lowest BCUT2D eigenvalue weighted by molar-refractivity contribution is 0.326. The molecular formula is C11H15ClIN. The zero-order valence-corrected chi connectivity index (χ0v) is 11.6. The van der Waals surface area contributed by atoms with Crippen LogP contribution in [-0.2, 0) is 0 Å². The van der Waals surface area contributed by atoms with Gasteiger partial charge in [-0.05, 0) is 51.8 Å². The van der Waals surface area contributed by atoms with E-state index in [4.69, 9.17) is 17.3 Å². The van der Waals surface area contributed by atoms with Crippen molar-refractivity contribution in [1.82, 2.24) is 0 Å². The molecule has 1 aromatic rings. The molecule has 1 rings (SSSR count). The Morgan fingerprint density at radius 1 is 1.36 bits per heavy atom. The molecule has 14 heavy (non-hydrogen) atoms. The number of rotatable bonds is 1. The Kier molecular flexibility index (Phi) is 3.83. The van der Waals surface area contributed by atoms with E-state index in [2.05, 4.69) is 43.4 Å². The van der Waals surface area contributed by atoms with Gasteiger partial charge < -0.3 is 5.73 Å². The van der Waals surface area contributed by atoms with Gasteiger partial charge in [-0.2, -0.15) is 0 Å². The minimum Gasteiger partial charge on any atom is -0.323 e. The molecule has 0 amide bonds. The van der Waals surface area contributed by atoms with Crippen LogP contribution >= 0.6 is 34.2 Å². The van der Waals surface area contributed by atoms with E-state index in [9.17, 15) is 0 Å². The van der Waals surface area contributed by atoms with Crippen molar-refractivity contribution in [2.75, 3.05) is 0 Å². The van der Waals surface area contributed by atoms with E-state index in [1.54, 1.807) is 0 Å². The Balaban J connectivity index is 3.12. The molecule has 0 radical (unpaired) electrons. The molecule has 1 nitrogen and oxygen atoms in total. The van der Waals surface area contributed by atoms with Crippen LogP contribution < -0.4 is 5.73 Å². The summed E-state index contributed by atoms with van der Waals surface area (Å²) in [6, 6.07) is 5.87. The molecule has 2 N–H and O–H groups in total. The van der Waals surface area contributed by atoms with Gasteiger partial charge in [0.2, 0.25) is 0 Å². The zero-order chi connectivity index (χ0) is 10.9. The maximum absolute atomic E-state index is 6.18. The molecule has 0 fully saturated rings. The van der Waals surface area contributed by atoms with Crippen molar-refractivity contribution in [3.8, 4) is 0 Å². The highest BCUT2D eigenvalue weighted by Crippen LogP contribution is 2.34. The normalized spacial score (nSPS) is 14.1. The first kappa shape index (κ1) is 12.3. The second kappa shape index (κ2) is 4.37. The predicted molar refractivity (Wildman–Crippen MR) is 70.6 cm³/mol. The molecule has 1 aromatic carbocycles. The van der Waals surface area contributed by atoms with Crippen molar-refractivity contribution in [1.29, 1.82) is 0 Å². The lowest BCUT2D eigenvalue weighted by Crippen LogP contribution is -2.27. The van der Waals surface area contributed by atoms with Crippen LogP contribution in [0.4, 0.5) is 0 Å². The van der Waals surface area contributed by atoms with Crippen molar-refractivity contribution in [3.05, 3.63) is 32.4 Å². The van der Waals surface area contributed by atoms with Crippen molar-refractivity contribution in [3.63, 3.8) is 0 Å². The second-order valence-corrected chi connectivity index (χ2v) is 6.11. The Morgan fingerprint density at radius 2 is 1.93 bits per heavy atom. The van der Waals surface area contributed by atoms with E-state index in [0.29, 0.717) is 0 Å². The highest BCUT2D eigenvalue weighted by atomic mass is 127. The van der Waals surface area contributed by atoms with Gasteiger partial charge in [0, 0.05) is 14.6 Å². The molecule has 1 atom stereocenters. The van der Waals surface area contributed by atoms with Crippen molar-refractivity contribution in [2.24, 2.45) is 11.1 Å². The summed E-state index contributed by atoms with van der Waals surface area (Å²) in [6.45, 7) is 6.40. The van der Waals surface area contributed by atoms with Crippen molar-refractivity contribution < 1.29 is 0 Å². The van der Waals surface area contributed by atoms with Gasteiger partial charge in [0.1, 0.15) is 0 Å². The molecule has 0 aliphatic heterocycles. The molecule has 0 aliphatic rings.